The lowest BCUT2D eigenvalue weighted by Gasteiger charge is -2.32. The molecule has 0 saturated carbocycles. The van der Waals surface area contributed by atoms with Gasteiger partial charge < -0.3 is 15.2 Å². The van der Waals surface area contributed by atoms with Crippen molar-refractivity contribution in [3.8, 4) is 5.75 Å². The highest BCUT2D eigenvalue weighted by Gasteiger charge is 2.28. The lowest BCUT2D eigenvalue weighted by atomic mass is 9.86. The van der Waals surface area contributed by atoms with E-state index in [1.807, 2.05) is 18.2 Å². The second kappa shape index (κ2) is 5.52. The average molecular weight is 235 g/mol. The van der Waals surface area contributed by atoms with E-state index in [0.717, 1.165) is 44.5 Å². The van der Waals surface area contributed by atoms with E-state index in [9.17, 15) is 5.11 Å². The quantitative estimate of drug-likeness (QED) is 0.835. The predicted molar refractivity (Wildman–Crippen MR) is 68.4 cm³/mol. The minimum absolute atomic E-state index is 0.478. The minimum atomic E-state index is -0.478. The molecule has 1 aromatic carbocycles. The smallest absolute Gasteiger partial charge is 0.119 e. The molecule has 0 aliphatic carbocycles. The summed E-state index contributed by atoms with van der Waals surface area (Å²) in [6.45, 7) is 1.85. The monoisotopic (exact) mass is 235 g/mol. The number of ether oxygens (including phenoxy) is 1. The van der Waals surface area contributed by atoms with Gasteiger partial charge in [0.2, 0.25) is 0 Å². The predicted octanol–water partition coefficient (Wildman–Crippen LogP) is 1.74. The van der Waals surface area contributed by atoms with Gasteiger partial charge in [-0.15, -0.1) is 0 Å². The van der Waals surface area contributed by atoms with E-state index in [2.05, 4.69) is 11.4 Å². The van der Waals surface area contributed by atoms with Crippen molar-refractivity contribution in [2.75, 3.05) is 20.2 Å². The molecule has 2 rings (SSSR count). The van der Waals surface area contributed by atoms with E-state index in [-0.39, 0.29) is 0 Å². The van der Waals surface area contributed by atoms with Crippen molar-refractivity contribution in [3.63, 3.8) is 0 Å². The summed E-state index contributed by atoms with van der Waals surface area (Å²) >= 11 is 0. The molecule has 2 N–H and O–H groups in total. The third kappa shape index (κ3) is 3.45. The normalized spacial score (nSPS) is 18.9. The molecule has 0 atom stereocenters. The SMILES string of the molecule is COc1cccc(CCC2(O)CCNCC2)c1. The fourth-order valence-electron chi connectivity index (χ4n) is 2.35. The highest BCUT2D eigenvalue weighted by atomic mass is 16.5. The van der Waals surface area contributed by atoms with Gasteiger partial charge in [0.1, 0.15) is 5.75 Å². The Morgan fingerprint density at radius 1 is 1.35 bits per heavy atom. The maximum atomic E-state index is 10.4. The van der Waals surface area contributed by atoms with Crippen LogP contribution < -0.4 is 10.1 Å². The molecule has 0 amide bonds. The van der Waals surface area contributed by atoms with E-state index < -0.39 is 5.60 Å². The van der Waals surface area contributed by atoms with Gasteiger partial charge in [0, 0.05) is 0 Å². The number of hydrogen-bond acceptors (Lipinski definition) is 3. The maximum Gasteiger partial charge on any atom is 0.119 e. The van der Waals surface area contributed by atoms with Crippen LogP contribution in [-0.4, -0.2) is 30.9 Å². The van der Waals surface area contributed by atoms with Crippen molar-refractivity contribution in [2.45, 2.75) is 31.3 Å². The summed E-state index contributed by atoms with van der Waals surface area (Å²) in [4.78, 5) is 0. The lowest BCUT2D eigenvalue weighted by Crippen LogP contribution is -2.42. The van der Waals surface area contributed by atoms with Gasteiger partial charge in [-0.3, -0.25) is 0 Å². The van der Waals surface area contributed by atoms with Crippen LogP contribution in [0.5, 0.6) is 5.75 Å². The Labute approximate surface area is 103 Å². The van der Waals surface area contributed by atoms with Crippen LogP contribution in [0.2, 0.25) is 0 Å². The number of aliphatic hydroxyl groups is 1. The second-order valence-electron chi connectivity index (χ2n) is 4.83. The van der Waals surface area contributed by atoms with E-state index in [0.29, 0.717) is 0 Å². The Morgan fingerprint density at radius 3 is 2.82 bits per heavy atom. The molecule has 0 spiro atoms. The van der Waals surface area contributed by atoms with Crippen LogP contribution in [0.15, 0.2) is 24.3 Å². The zero-order valence-corrected chi connectivity index (χ0v) is 10.4. The topological polar surface area (TPSA) is 41.5 Å². The van der Waals surface area contributed by atoms with E-state index in [1.165, 1.54) is 5.56 Å². The Hall–Kier alpha value is -1.06. The lowest BCUT2D eigenvalue weighted by molar-refractivity contribution is 0.00280. The number of rotatable bonds is 4. The third-order valence-electron chi connectivity index (χ3n) is 3.55. The molecule has 3 heteroatoms. The standard InChI is InChI=1S/C14H21NO2/c1-17-13-4-2-3-12(11-13)5-6-14(16)7-9-15-10-8-14/h2-4,11,15-16H,5-10H2,1H3. The first kappa shape index (κ1) is 12.4. The second-order valence-corrected chi connectivity index (χ2v) is 4.83. The van der Waals surface area contributed by atoms with Crippen LogP contribution in [0.1, 0.15) is 24.8 Å². The van der Waals surface area contributed by atoms with E-state index in [4.69, 9.17) is 4.74 Å². The molecule has 1 aliphatic heterocycles. The highest BCUT2D eigenvalue weighted by Crippen LogP contribution is 2.25. The summed E-state index contributed by atoms with van der Waals surface area (Å²) in [5.41, 5.74) is 0.755. The number of benzene rings is 1. The van der Waals surface area contributed by atoms with Crippen molar-refractivity contribution >= 4 is 0 Å². The van der Waals surface area contributed by atoms with Gasteiger partial charge in [0.25, 0.3) is 0 Å². The van der Waals surface area contributed by atoms with Gasteiger partial charge in [0.15, 0.2) is 0 Å². The first-order chi connectivity index (χ1) is 8.22. The first-order valence-electron chi connectivity index (χ1n) is 6.28. The molecule has 0 radical (unpaired) electrons. The number of nitrogens with one attached hydrogen (secondary N) is 1. The molecule has 0 aromatic heterocycles. The molecular formula is C14H21NO2. The average Bonchev–Trinajstić information content (AvgIpc) is 2.38. The summed E-state index contributed by atoms with van der Waals surface area (Å²) in [5, 5.41) is 13.7. The number of piperidine rings is 1. The van der Waals surface area contributed by atoms with Gasteiger partial charge in [0.05, 0.1) is 12.7 Å². The van der Waals surface area contributed by atoms with Crippen molar-refractivity contribution in [1.29, 1.82) is 0 Å². The molecule has 1 saturated heterocycles. The Balaban J connectivity index is 1.92. The number of methoxy groups -OCH3 is 1. The molecule has 3 nitrogen and oxygen atoms in total. The van der Waals surface area contributed by atoms with Gasteiger partial charge in [-0.1, -0.05) is 12.1 Å². The molecule has 1 aromatic rings. The molecule has 0 unspecified atom stereocenters. The van der Waals surface area contributed by atoms with Crippen molar-refractivity contribution in [1.82, 2.24) is 5.32 Å². The molecule has 1 fully saturated rings. The Bertz CT molecular complexity index is 359. The summed E-state index contributed by atoms with van der Waals surface area (Å²) in [7, 11) is 1.68. The summed E-state index contributed by atoms with van der Waals surface area (Å²) in [5.74, 6) is 0.889. The van der Waals surface area contributed by atoms with Gasteiger partial charge in [-0.2, -0.15) is 0 Å². The highest BCUT2D eigenvalue weighted by molar-refractivity contribution is 5.28. The fourth-order valence-corrected chi connectivity index (χ4v) is 2.35. The van der Waals surface area contributed by atoms with E-state index >= 15 is 0 Å². The largest absolute Gasteiger partial charge is 0.497 e. The van der Waals surface area contributed by atoms with Gasteiger partial charge in [-0.25, -0.2) is 0 Å². The molecule has 1 heterocycles. The zero-order chi connectivity index (χ0) is 12.1. The van der Waals surface area contributed by atoms with Crippen LogP contribution in [0.3, 0.4) is 0 Å². The van der Waals surface area contributed by atoms with Crippen LogP contribution in [0, 0.1) is 0 Å². The summed E-state index contributed by atoms with van der Waals surface area (Å²) < 4.78 is 5.20. The molecule has 0 bridgehead atoms. The molecular weight excluding hydrogens is 214 g/mol. The molecule has 1 aliphatic rings. The van der Waals surface area contributed by atoms with Crippen LogP contribution >= 0.6 is 0 Å². The maximum absolute atomic E-state index is 10.4. The van der Waals surface area contributed by atoms with Crippen LogP contribution in [0.25, 0.3) is 0 Å². The minimum Gasteiger partial charge on any atom is -0.497 e. The summed E-state index contributed by atoms with van der Waals surface area (Å²) in [6, 6.07) is 8.08. The van der Waals surface area contributed by atoms with Crippen molar-refractivity contribution < 1.29 is 9.84 Å². The Morgan fingerprint density at radius 2 is 2.12 bits per heavy atom. The van der Waals surface area contributed by atoms with Crippen molar-refractivity contribution in [3.05, 3.63) is 29.8 Å². The van der Waals surface area contributed by atoms with Crippen LogP contribution in [0.4, 0.5) is 0 Å². The van der Waals surface area contributed by atoms with E-state index in [1.54, 1.807) is 7.11 Å². The Kier molecular flexibility index (Phi) is 4.02. The van der Waals surface area contributed by atoms with Gasteiger partial charge >= 0.3 is 0 Å². The molecule has 17 heavy (non-hydrogen) atoms. The number of aryl methyl sites for hydroxylation is 1. The first-order valence-corrected chi connectivity index (χ1v) is 6.28. The van der Waals surface area contributed by atoms with Crippen LogP contribution in [-0.2, 0) is 6.42 Å². The fraction of sp³-hybridized carbons (Fsp3) is 0.571. The van der Waals surface area contributed by atoms with Gasteiger partial charge in [-0.05, 0) is 56.5 Å². The number of hydrogen-bond donors (Lipinski definition) is 2. The van der Waals surface area contributed by atoms with Crippen molar-refractivity contribution in [2.24, 2.45) is 0 Å². The third-order valence-corrected chi connectivity index (χ3v) is 3.55. The summed E-state index contributed by atoms with van der Waals surface area (Å²) in [6.07, 6.45) is 3.46. The molecule has 94 valence electrons. The zero-order valence-electron chi connectivity index (χ0n) is 10.4.